The van der Waals surface area contributed by atoms with Crippen LogP contribution in [0.4, 0.5) is 0 Å². The highest BCUT2D eigenvalue weighted by atomic mass is 35.5. The lowest BCUT2D eigenvalue weighted by Gasteiger charge is -2.25. The van der Waals surface area contributed by atoms with E-state index in [2.05, 4.69) is 27.7 Å². The van der Waals surface area contributed by atoms with Crippen LogP contribution in [0.5, 0.6) is 5.75 Å². The molecule has 0 radical (unpaired) electrons. The molecule has 120 valence electrons. The first-order valence-corrected chi connectivity index (χ1v) is 8.59. The Morgan fingerprint density at radius 1 is 1.14 bits per heavy atom. The highest BCUT2D eigenvalue weighted by Gasteiger charge is 2.21. The third-order valence-corrected chi connectivity index (χ3v) is 4.29. The summed E-state index contributed by atoms with van der Waals surface area (Å²) in [7, 11) is 0. The van der Waals surface area contributed by atoms with Crippen LogP contribution in [0.1, 0.15) is 58.4 Å². The van der Waals surface area contributed by atoms with E-state index in [9.17, 15) is 0 Å². The quantitative estimate of drug-likeness (QED) is 0.495. The molecule has 4 heteroatoms. The van der Waals surface area contributed by atoms with Gasteiger partial charge in [0, 0.05) is 11.1 Å². The monoisotopic (exact) mass is 350 g/mol. The Kier molecular flexibility index (Phi) is 7.16. The maximum Gasteiger partial charge on any atom is 0.139 e. The van der Waals surface area contributed by atoms with Crippen LogP contribution in [0.25, 0.3) is 0 Å². The summed E-state index contributed by atoms with van der Waals surface area (Å²) >= 11 is 19.1. The Hall–Kier alpha value is -0.110. The van der Waals surface area contributed by atoms with Gasteiger partial charge in [0.05, 0.1) is 17.0 Å². The first-order chi connectivity index (χ1) is 9.64. The molecule has 0 amide bonds. The molecule has 0 aliphatic heterocycles. The zero-order valence-corrected chi connectivity index (χ0v) is 15.7. The number of halogens is 3. The zero-order valence-electron chi connectivity index (χ0n) is 13.5. The molecule has 0 spiro atoms. The predicted octanol–water partition coefficient (Wildman–Crippen LogP) is 7.13. The summed E-state index contributed by atoms with van der Waals surface area (Å²) in [6.45, 7) is 11.4. The molecule has 0 fully saturated rings. The second kappa shape index (κ2) is 7.94. The fourth-order valence-electron chi connectivity index (χ4n) is 2.66. The Morgan fingerprint density at radius 2 is 1.76 bits per heavy atom. The Balaban J connectivity index is 2.83. The summed E-state index contributed by atoms with van der Waals surface area (Å²) in [4.78, 5) is 0. The summed E-state index contributed by atoms with van der Waals surface area (Å²) in [5, 5.41) is 1.04. The number of alkyl halides is 1. The van der Waals surface area contributed by atoms with Gasteiger partial charge in [0.15, 0.2) is 0 Å². The minimum absolute atomic E-state index is 0.136. The molecular weight excluding hydrogens is 327 g/mol. The van der Waals surface area contributed by atoms with Crippen LogP contribution in [0, 0.1) is 11.3 Å². The first kappa shape index (κ1) is 18.9. The van der Waals surface area contributed by atoms with Gasteiger partial charge < -0.3 is 4.74 Å². The average molecular weight is 352 g/mol. The Bertz CT molecular complexity index is 466. The van der Waals surface area contributed by atoms with E-state index in [1.54, 1.807) is 6.07 Å². The van der Waals surface area contributed by atoms with Crippen LogP contribution >= 0.6 is 34.8 Å². The van der Waals surface area contributed by atoms with E-state index in [1.165, 1.54) is 0 Å². The average Bonchev–Trinajstić information content (AvgIpc) is 2.30. The topological polar surface area (TPSA) is 9.23 Å². The molecule has 21 heavy (non-hydrogen) atoms. The largest absolute Gasteiger partial charge is 0.492 e. The number of benzene rings is 1. The van der Waals surface area contributed by atoms with Gasteiger partial charge in [-0.25, -0.2) is 0 Å². The van der Waals surface area contributed by atoms with Crippen molar-refractivity contribution in [2.24, 2.45) is 11.3 Å². The van der Waals surface area contributed by atoms with Gasteiger partial charge in [0.1, 0.15) is 5.75 Å². The molecule has 0 bridgehead atoms. The Labute approximate surface area is 143 Å². The van der Waals surface area contributed by atoms with Gasteiger partial charge in [0.25, 0.3) is 0 Å². The van der Waals surface area contributed by atoms with Crippen molar-refractivity contribution in [3.05, 3.63) is 27.7 Å². The Morgan fingerprint density at radius 3 is 2.29 bits per heavy atom. The molecule has 0 saturated heterocycles. The van der Waals surface area contributed by atoms with E-state index in [0.29, 0.717) is 33.7 Å². The minimum Gasteiger partial charge on any atom is -0.492 e. The third-order valence-electron chi connectivity index (χ3n) is 3.26. The number of hydrogen-bond donors (Lipinski definition) is 0. The summed E-state index contributed by atoms with van der Waals surface area (Å²) in [6.07, 6.45) is 2.00. The zero-order chi connectivity index (χ0) is 16.2. The molecule has 0 N–H and O–H groups in total. The molecule has 0 heterocycles. The molecular formula is C17H25Cl3O. The van der Waals surface area contributed by atoms with E-state index in [1.807, 2.05) is 13.0 Å². The van der Waals surface area contributed by atoms with Gasteiger partial charge in [0.2, 0.25) is 0 Å². The standard InChI is InChI=1S/C17H25Cl3O/c1-6-21-16-9-14(19)12(8-15(16)20)13(18)7-11(2)10-17(3,4)5/h8-9,11,13H,6-7,10H2,1-5H3. The number of rotatable bonds is 6. The summed E-state index contributed by atoms with van der Waals surface area (Å²) in [6, 6.07) is 3.59. The second-order valence-electron chi connectivity index (χ2n) is 6.81. The molecule has 1 rings (SSSR count). The lowest BCUT2D eigenvalue weighted by molar-refractivity contribution is 0.295. The predicted molar refractivity (Wildman–Crippen MR) is 94.1 cm³/mol. The van der Waals surface area contributed by atoms with Gasteiger partial charge in [-0.1, -0.05) is 50.9 Å². The molecule has 1 nitrogen and oxygen atoms in total. The van der Waals surface area contributed by atoms with Crippen LogP contribution in [0.15, 0.2) is 12.1 Å². The van der Waals surface area contributed by atoms with Crippen LogP contribution in [0.2, 0.25) is 10.0 Å². The van der Waals surface area contributed by atoms with Crippen LogP contribution in [-0.2, 0) is 0 Å². The molecule has 2 unspecified atom stereocenters. The van der Waals surface area contributed by atoms with E-state index in [4.69, 9.17) is 39.5 Å². The van der Waals surface area contributed by atoms with Crippen molar-refractivity contribution in [2.45, 2.75) is 52.8 Å². The lowest BCUT2D eigenvalue weighted by Crippen LogP contribution is -2.12. The smallest absolute Gasteiger partial charge is 0.139 e. The van der Waals surface area contributed by atoms with E-state index >= 15 is 0 Å². The second-order valence-corrected chi connectivity index (χ2v) is 8.15. The molecule has 0 saturated carbocycles. The number of ether oxygens (including phenoxy) is 1. The van der Waals surface area contributed by atoms with Gasteiger partial charge in [-0.15, -0.1) is 11.6 Å². The third kappa shape index (κ3) is 6.26. The lowest BCUT2D eigenvalue weighted by atomic mass is 9.83. The van der Waals surface area contributed by atoms with Crippen molar-refractivity contribution in [1.29, 1.82) is 0 Å². The fourth-order valence-corrected chi connectivity index (χ4v) is 3.71. The van der Waals surface area contributed by atoms with E-state index in [0.717, 1.165) is 18.4 Å². The molecule has 0 aromatic heterocycles. The van der Waals surface area contributed by atoms with Gasteiger partial charge >= 0.3 is 0 Å². The van der Waals surface area contributed by atoms with Gasteiger partial charge in [-0.2, -0.15) is 0 Å². The highest BCUT2D eigenvalue weighted by Crippen LogP contribution is 2.40. The maximum atomic E-state index is 6.55. The summed E-state index contributed by atoms with van der Waals surface area (Å²) < 4.78 is 5.44. The maximum absolute atomic E-state index is 6.55. The van der Waals surface area contributed by atoms with Crippen molar-refractivity contribution in [2.75, 3.05) is 6.61 Å². The molecule has 0 aliphatic rings. The van der Waals surface area contributed by atoms with Crippen molar-refractivity contribution >= 4 is 34.8 Å². The van der Waals surface area contributed by atoms with Crippen LogP contribution < -0.4 is 4.74 Å². The minimum atomic E-state index is -0.136. The van der Waals surface area contributed by atoms with Crippen molar-refractivity contribution in [3.8, 4) is 5.75 Å². The van der Waals surface area contributed by atoms with E-state index in [-0.39, 0.29) is 5.38 Å². The van der Waals surface area contributed by atoms with Crippen molar-refractivity contribution < 1.29 is 4.74 Å². The molecule has 0 aliphatic carbocycles. The number of hydrogen-bond acceptors (Lipinski definition) is 1. The SMILES string of the molecule is CCOc1cc(Cl)c(C(Cl)CC(C)CC(C)(C)C)cc1Cl. The molecule has 1 aromatic rings. The van der Waals surface area contributed by atoms with E-state index < -0.39 is 0 Å². The fraction of sp³-hybridized carbons (Fsp3) is 0.647. The van der Waals surface area contributed by atoms with Crippen LogP contribution in [-0.4, -0.2) is 6.61 Å². The molecule has 2 atom stereocenters. The first-order valence-electron chi connectivity index (χ1n) is 7.40. The van der Waals surface area contributed by atoms with Crippen molar-refractivity contribution in [3.63, 3.8) is 0 Å². The van der Waals surface area contributed by atoms with Crippen LogP contribution in [0.3, 0.4) is 0 Å². The van der Waals surface area contributed by atoms with Crippen molar-refractivity contribution in [1.82, 2.24) is 0 Å². The summed E-state index contributed by atoms with van der Waals surface area (Å²) in [5.74, 6) is 1.13. The van der Waals surface area contributed by atoms with Gasteiger partial charge in [-0.05, 0) is 42.7 Å². The normalized spacial score (nSPS) is 14.9. The highest BCUT2D eigenvalue weighted by molar-refractivity contribution is 6.35. The molecule has 1 aromatic carbocycles. The van der Waals surface area contributed by atoms with Gasteiger partial charge in [-0.3, -0.25) is 0 Å². The summed E-state index contributed by atoms with van der Waals surface area (Å²) in [5.41, 5.74) is 1.18.